The van der Waals surface area contributed by atoms with Gasteiger partial charge in [0.1, 0.15) is 0 Å². The molecule has 0 aliphatic heterocycles. The Hall–Kier alpha value is -3.30. The van der Waals surface area contributed by atoms with Crippen LogP contribution in [0.25, 0.3) is 0 Å². The number of nitroso groups, excluding NO2 is 1. The summed E-state index contributed by atoms with van der Waals surface area (Å²) in [5, 5.41) is 21.7. The van der Waals surface area contributed by atoms with Crippen LogP contribution < -0.4 is 4.74 Å². The fourth-order valence-corrected chi connectivity index (χ4v) is 2.32. The maximum Gasteiger partial charge on any atom is 0.305 e. The number of aryl methyl sites for hydroxylation is 2. The second-order valence-corrected chi connectivity index (χ2v) is 5.48. The molecule has 0 saturated heterocycles. The molecule has 144 valence electrons. The Kier molecular flexibility index (Phi) is 5.88. The van der Waals surface area contributed by atoms with Gasteiger partial charge in [0, 0.05) is 12.5 Å². The molecule has 2 N–H and O–H groups in total. The number of nitrogens with zero attached hydrogens (tertiary/aromatic N) is 1. The average Bonchev–Trinajstić information content (AvgIpc) is 2.65. The number of carbonyl (C=O) groups is 1. The Morgan fingerprint density at radius 3 is 2.33 bits per heavy atom. The van der Waals surface area contributed by atoms with Crippen LogP contribution in [-0.2, 0) is 16.0 Å². The first kappa shape index (κ1) is 20.0. The van der Waals surface area contributed by atoms with Gasteiger partial charge in [0.15, 0.2) is 34.5 Å². The van der Waals surface area contributed by atoms with Crippen molar-refractivity contribution in [3.8, 4) is 23.0 Å². The van der Waals surface area contributed by atoms with Gasteiger partial charge < -0.3 is 19.7 Å². The molecule has 0 aliphatic rings. The second kappa shape index (κ2) is 7.94. The predicted octanol–water partition coefficient (Wildman–Crippen LogP) is 4.12. The molecule has 0 saturated carbocycles. The molecule has 0 amide bonds. The summed E-state index contributed by atoms with van der Waals surface area (Å²) in [7, 11) is 1.18. The topological polar surface area (TPSA) is 105 Å². The molecule has 2 aromatic rings. The summed E-state index contributed by atoms with van der Waals surface area (Å²) in [6.07, 6.45) is -0.161. The highest BCUT2D eigenvalue weighted by atomic mass is 19.1. The van der Waals surface area contributed by atoms with E-state index in [4.69, 9.17) is 4.74 Å². The number of hydrogen-bond donors (Lipinski definition) is 2. The van der Waals surface area contributed by atoms with E-state index in [1.54, 1.807) is 0 Å². The zero-order valence-electron chi connectivity index (χ0n) is 14.2. The van der Waals surface area contributed by atoms with Crippen molar-refractivity contribution in [1.29, 1.82) is 0 Å². The Morgan fingerprint density at radius 2 is 1.74 bits per heavy atom. The van der Waals surface area contributed by atoms with Crippen LogP contribution in [-0.4, -0.2) is 23.3 Å². The van der Waals surface area contributed by atoms with E-state index in [2.05, 4.69) is 9.91 Å². The number of rotatable bonds is 6. The van der Waals surface area contributed by atoms with Gasteiger partial charge in [-0.1, -0.05) is 0 Å². The molecule has 0 radical (unpaired) electrons. The van der Waals surface area contributed by atoms with Crippen molar-refractivity contribution in [3.63, 3.8) is 0 Å². The van der Waals surface area contributed by atoms with Crippen molar-refractivity contribution in [2.75, 3.05) is 7.11 Å². The van der Waals surface area contributed by atoms with Crippen LogP contribution >= 0.6 is 0 Å². The van der Waals surface area contributed by atoms with Crippen molar-refractivity contribution in [2.24, 2.45) is 5.18 Å². The standard InChI is InChI=1S/C17H14F3NO6/c1-7-5-8(3-4-11(22)26-2)14(23)12(19)16(7)27-17-10(21-25)6-9(18)15(24)13(17)20/h5-6,23-24H,3-4H2,1-2H3. The van der Waals surface area contributed by atoms with Gasteiger partial charge in [-0.2, -0.15) is 8.78 Å². The minimum absolute atomic E-state index is 0.0383. The van der Waals surface area contributed by atoms with Gasteiger partial charge in [-0.25, -0.2) is 4.39 Å². The molecule has 0 aliphatic carbocycles. The number of halogens is 3. The van der Waals surface area contributed by atoms with Crippen LogP contribution in [0.1, 0.15) is 17.5 Å². The molecule has 27 heavy (non-hydrogen) atoms. The Morgan fingerprint density at radius 1 is 1.11 bits per heavy atom. The van der Waals surface area contributed by atoms with Crippen LogP contribution in [0.4, 0.5) is 18.9 Å². The summed E-state index contributed by atoms with van der Waals surface area (Å²) in [6, 6.07) is 1.70. The minimum Gasteiger partial charge on any atom is -0.505 e. The third-order valence-electron chi connectivity index (χ3n) is 3.72. The van der Waals surface area contributed by atoms with Crippen LogP contribution in [0.15, 0.2) is 17.3 Å². The van der Waals surface area contributed by atoms with Crippen molar-refractivity contribution < 1.29 is 37.7 Å². The van der Waals surface area contributed by atoms with Crippen LogP contribution in [0.3, 0.4) is 0 Å². The first-order valence-electron chi connectivity index (χ1n) is 7.51. The third kappa shape index (κ3) is 3.94. The monoisotopic (exact) mass is 385 g/mol. The number of ether oxygens (including phenoxy) is 2. The highest BCUT2D eigenvalue weighted by Gasteiger charge is 2.25. The number of aromatic hydroxyl groups is 2. The van der Waals surface area contributed by atoms with Crippen molar-refractivity contribution >= 4 is 11.7 Å². The summed E-state index contributed by atoms with van der Waals surface area (Å²) in [5.41, 5.74) is -0.708. The van der Waals surface area contributed by atoms with E-state index < -0.39 is 52.1 Å². The lowest BCUT2D eigenvalue weighted by molar-refractivity contribution is -0.140. The average molecular weight is 385 g/mol. The number of carbonyl (C=O) groups excluding carboxylic acids is 1. The predicted molar refractivity (Wildman–Crippen MR) is 86.7 cm³/mol. The molecule has 0 spiro atoms. The fraction of sp³-hybridized carbons (Fsp3) is 0.235. The highest BCUT2D eigenvalue weighted by molar-refractivity contribution is 5.69. The van der Waals surface area contributed by atoms with E-state index in [1.807, 2.05) is 0 Å². The van der Waals surface area contributed by atoms with Gasteiger partial charge >= 0.3 is 5.97 Å². The summed E-state index contributed by atoms with van der Waals surface area (Å²) in [6.45, 7) is 1.36. The zero-order chi connectivity index (χ0) is 20.3. The first-order chi connectivity index (χ1) is 12.7. The maximum absolute atomic E-state index is 14.5. The van der Waals surface area contributed by atoms with Gasteiger partial charge in [0.2, 0.25) is 11.6 Å². The van der Waals surface area contributed by atoms with Crippen LogP contribution in [0.5, 0.6) is 23.0 Å². The lowest BCUT2D eigenvalue weighted by Gasteiger charge is -2.15. The van der Waals surface area contributed by atoms with Gasteiger partial charge in [-0.15, -0.1) is 4.91 Å². The molecule has 7 nitrogen and oxygen atoms in total. The van der Waals surface area contributed by atoms with Crippen LogP contribution in [0, 0.1) is 29.3 Å². The zero-order valence-corrected chi connectivity index (χ0v) is 14.2. The lowest BCUT2D eigenvalue weighted by Crippen LogP contribution is -2.04. The molecular formula is C17H14F3NO6. The number of phenolic OH excluding ortho intramolecular Hbond substituents is 2. The van der Waals surface area contributed by atoms with E-state index in [-0.39, 0.29) is 24.0 Å². The Bertz CT molecular complexity index is 917. The largest absolute Gasteiger partial charge is 0.505 e. The number of methoxy groups -OCH3 is 1. The van der Waals surface area contributed by atoms with Crippen molar-refractivity contribution in [3.05, 3.63) is 45.6 Å². The van der Waals surface area contributed by atoms with Gasteiger partial charge in [-0.05, 0) is 35.7 Å². The molecular weight excluding hydrogens is 371 g/mol. The third-order valence-corrected chi connectivity index (χ3v) is 3.72. The smallest absolute Gasteiger partial charge is 0.305 e. The number of hydrogen-bond acceptors (Lipinski definition) is 7. The number of phenols is 2. The SMILES string of the molecule is COC(=O)CCc1cc(C)c(Oc2c(N=O)cc(F)c(O)c2F)c(F)c1O. The van der Waals surface area contributed by atoms with Crippen molar-refractivity contribution in [2.45, 2.75) is 19.8 Å². The molecule has 0 fully saturated rings. The first-order valence-corrected chi connectivity index (χ1v) is 7.51. The maximum atomic E-state index is 14.5. The molecule has 0 atom stereocenters. The quantitative estimate of drug-likeness (QED) is 0.572. The van der Waals surface area contributed by atoms with E-state index in [9.17, 15) is 33.1 Å². The fourth-order valence-electron chi connectivity index (χ4n) is 2.32. The van der Waals surface area contributed by atoms with Gasteiger partial charge in [0.25, 0.3) is 0 Å². The lowest BCUT2D eigenvalue weighted by atomic mass is 10.0. The van der Waals surface area contributed by atoms with E-state index in [0.29, 0.717) is 6.07 Å². The Labute approximate surface area is 150 Å². The van der Waals surface area contributed by atoms with Gasteiger partial charge in [-0.3, -0.25) is 4.79 Å². The normalized spacial score (nSPS) is 10.6. The molecule has 2 aromatic carbocycles. The summed E-state index contributed by atoms with van der Waals surface area (Å²) in [5.74, 6) is -8.93. The molecule has 0 unspecified atom stereocenters. The van der Waals surface area contributed by atoms with Crippen molar-refractivity contribution in [1.82, 2.24) is 0 Å². The Balaban J connectivity index is 2.47. The van der Waals surface area contributed by atoms with E-state index in [1.165, 1.54) is 20.1 Å². The molecule has 2 rings (SSSR count). The van der Waals surface area contributed by atoms with E-state index >= 15 is 0 Å². The second-order valence-electron chi connectivity index (χ2n) is 5.48. The number of benzene rings is 2. The molecule has 10 heteroatoms. The summed E-state index contributed by atoms with van der Waals surface area (Å²) < 4.78 is 51.3. The summed E-state index contributed by atoms with van der Waals surface area (Å²) >= 11 is 0. The minimum atomic E-state index is -1.65. The molecule has 0 heterocycles. The van der Waals surface area contributed by atoms with E-state index in [0.717, 1.165) is 0 Å². The van der Waals surface area contributed by atoms with Crippen LogP contribution in [0.2, 0.25) is 0 Å². The molecule has 0 aromatic heterocycles. The summed E-state index contributed by atoms with van der Waals surface area (Å²) in [4.78, 5) is 22.0. The van der Waals surface area contributed by atoms with Gasteiger partial charge in [0.05, 0.1) is 7.11 Å². The number of esters is 1. The highest BCUT2D eigenvalue weighted by Crippen LogP contribution is 2.43. The molecule has 0 bridgehead atoms.